The number of rotatable bonds is 14. The van der Waals surface area contributed by atoms with Crippen LogP contribution >= 0.6 is 0 Å². The third-order valence-electron chi connectivity index (χ3n) is 6.55. The van der Waals surface area contributed by atoms with Gasteiger partial charge in [0.15, 0.2) is 11.5 Å². The first-order valence-corrected chi connectivity index (χ1v) is 11.1. The fourth-order valence-corrected chi connectivity index (χ4v) is 3.91. The molecule has 4 N–H and O–H groups in total. The number of phenolic OH excluding ortho intramolecular Hbond substituents is 2. The lowest BCUT2D eigenvalue weighted by molar-refractivity contribution is -0.147. The number of phenols is 2. The summed E-state index contributed by atoms with van der Waals surface area (Å²) in [6, 6.07) is 3.71. The van der Waals surface area contributed by atoms with Crippen LogP contribution in [0.3, 0.4) is 0 Å². The third-order valence-corrected chi connectivity index (χ3v) is 6.55. The molecule has 6 nitrogen and oxygen atoms in total. The monoisotopic (exact) mass is 420 g/mol. The first-order chi connectivity index (χ1) is 14.1. The molecule has 2 rings (SSSR count). The van der Waals surface area contributed by atoms with E-state index >= 15 is 0 Å². The molecule has 0 aliphatic heterocycles. The molecule has 1 aromatic rings. The molecule has 0 heterocycles. The van der Waals surface area contributed by atoms with Crippen LogP contribution in [0.25, 0.3) is 0 Å². The zero-order valence-electron chi connectivity index (χ0n) is 18.2. The van der Waals surface area contributed by atoms with Crippen LogP contribution in [0.5, 0.6) is 11.5 Å². The van der Waals surface area contributed by atoms with Crippen molar-refractivity contribution in [1.82, 2.24) is 0 Å². The highest BCUT2D eigenvalue weighted by atomic mass is 16.4. The van der Waals surface area contributed by atoms with Crippen LogP contribution in [0.1, 0.15) is 89.2 Å². The van der Waals surface area contributed by atoms with Crippen molar-refractivity contribution in [1.29, 1.82) is 0 Å². The molecule has 0 radical (unpaired) electrons. The summed E-state index contributed by atoms with van der Waals surface area (Å²) >= 11 is 0. The van der Waals surface area contributed by atoms with Crippen molar-refractivity contribution in [3.8, 4) is 11.5 Å². The zero-order chi connectivity index (χ0) is 22.4. The van der Waals surface area contributed by atoms with E-state index in [1.165, 1.54) is 0 Å². The summed E-state index contributed by atoms with van der Waals surface area (Å²) in [7, 11) is 0. The largest absolute Gasteiger partial charge is 0.504 e. The molecule has 0 unspecified atom stereocenters. The van der Waals surface area contributed by atoms with Gasteiger partial charge < -0.3 is 20.4 Å². The maximum absolute atomic E-state index is 11.2. The summed E-state index contributed by atoms with van der Waals surface area (Å²) in [5, 5.41) is 39.0. The van der Waals surface area contributed by atoms with Gasteiger partial charge in [-0.1, -0.05) is 37.8 Å². The molecule has 0 spiro atoms. The lowest BCUT2D eigenvalue weighted by atomic mass is 9.87. The molecule has 0 amide bonds. The molecule has 1 saturated carbocycles. The minimum atomic E-state index is -0.767. The Morgan fingerprint density at radius 3 is 1.83 bits per heavy atom. The third kappa shape index (κ3) is 6.38. The van der Waals surface area contributed by atoms with Gasteiger partial charge in [0.1, 0.15) is 0 Å². The van der Waals surface area contributed by atoms with E-state index in [1.807, 2.05) is 12.1 Å². The predicted octanol–water partition coefficient (Wildman–Crippen LogP) is 5.28. The number of carboxylic acids is 2. The Morgan fingerprint density at radius 1 is 0.867 bits per heavy atom. The fraction of sp³-hybridized carbons (Fsp3) is 0.667. The van der Waals surface area contributed by atoms with Gasteiger partial charge in [-0.15, -0.1) is 0 Å². The van der Waals surface area contributed by atoms with Crippen LogP contribution in [0.4, 0.5) is 0 Å². The number of benzene rings is 1. The van der Waals surface area contributed by atoms with Gasteiger partial charge in [0.25, 0.3) is 0 Å². The van der Waals surface area contributed by atoms with Gasteiger partial charge in [-0.2, -0.15) is 0 Å². The second-order valence-corrected chi connectivity index (χ2v) is 9.48. The molecular weight excluding hydrogens is 384 g/mol. The van der Waals surface area contributed by atoms with E-state index in [1.54, 1.807) is 13.8 Å². The SMILES string of the molecule is CC(C)(CCCCCCc1ccc(CCCCC2(C(=O)O)CC2)c(O)c1O)C(=O)O. The van der Waals surface area contributed by atoms with Crippen molar-refractivity contribution in [2.75, 3.05) is 0 Å². The van der Waals surface area contributed by atoms with Crippen molar-refractivity contribution >= 4 is 11.9 Å². The summed E-state index contributed by atoms with van der Waals surface area (Å²) < 4.78 is 0. The first-order valence-electron chi connectivity index (χ1n) is 11.1. The maximum atomic E-state index is 11.2. The van der Waals surface area contributed by atoms with Crippen LogP contribution in [-0.4, -0.2) is 32.4 Å². The molecule has 0 saturated heterocycles. The summed E-state index contributed by atoms with van der Waals surface area (Å²) in [5.74, 6) is -1.58. The van der Waals surface area contributed by atoms with Crippen LogP contribution < -0.4 is 0 Å². The minimum absolute atomic E-state index is 0.0521. The molecule has 0 aromatic heterocycles. The van der Waals surface area contributed by atoms with Gasteiger partial charge >= 0.3 is 11.9 Å². The van der Waals surface area contributed by atoms with Crippen molar-refractivity contribution in [3.05, 3.63) is 23.3 Å². The van der Waals surface area contributed by atoms with Gasteiger partial charge in [-0.25, -0.2) is 0 Å². The van der Waals surface area contributed by atoms with E-state index in [-0.39, 0.29) is 11.5 Å². The number of aliphatic carboxylic acids is 2. The van der Waals surface area contributed by atoms with E-state index in [2.05, 4.69) is 0 Å². The Bertz CT molecular complexity index is 748. The molecule has 1 aliphatic carbocycles. The average Bonchev–Trinajstić information content (AvgIpc) is 3.47. The van der Waals surface area contributed by atoms with E-state index in [0.717, 1.165) is 56.9 Å². The number of hydrogen-bond donors (Lipinski definition) is 4. The highest BCUT2D eigenvalue weighted by Gasteiger charge is 2.49. The number of hydrogen-bond acceptors (Lipinski definition) is 4. The van der Waals surface area contributed by atoms with Gasteiger partial charge in [-0.05, 0) is 76.3 Å². The molecule has 0 bridgehead atoms. The van der Waals surface area contributed by atoms with Gasteiger partial charge in [0.05, 0.1) is 10.8 Å². The van der Waals surface area contributed by atoms with Crippen LogP contribution in [0.15, 0.2) is 12.1 Å². The second kappa shape index (κ2) is 10.2. The van der Waals surface area contributed by atoms with E-state index in [4.69, 9.17) is 5.11 Å². The lowest BCUT2D eigenvalue weighted by Crippen LogP contribution is -2.23. The fourth-order valence-electron chi connectivity index (χ4n) is 3.91. The van der Waals surface area contributed by atoms with Crippen molar-refractivity contribution in [2.45, 2.75) is 90.9 Å². The quantitative estimate of drug-likeness (QED) is 0.240. The number of aromatic hydroxyl groups is 2. The summed E-state index contributed by atoms with van der Waals surface area (Å²) in [6.45, 7) is 3.49. The molecule has 6 heteroatoms. The lowest BCUT2D eigenvalue weighted by Gasteiger charge is -2.18. The van der Waals surface area contributed by atoms with E-state index in [9.17, 15) is 24.9 Å². The molecule has 1 aromatic carbocycles. The normalized spacial score (nSPS) is 15.1. The molecule has 1 fully saturated rings. The highest BCUT2D eigenvalue weighted by Crippen LogP contribution is 2.50. The summed E-state index contributed by atoms with van der Waals surface area (Å²) in [6.07, 6.45) is 9.35. The van der Waals surface area contributed by atoms with Gasteiger partial charge in [-0.3, -0.25) is 9.59 Å². The van der Waals surface area contributed by atoms with E-state index in [0.29, 0.717) is 31.2 Å². The number of aryl methyl sites for hydroxylation is 2. The Morgan fingerprint density at radius 2 is 1.37 bits per heavy atom. The zero-order valence-corrected chi connectivity index (χ0v) is 18.2. The molecule has 168 valence electrons. The average molecular weight is 421 g/mol. The van der Waals surface area contributed by atoms with Crippen molar-refractivity contribution < 1.29 is 30.0 Å². The Kier molecular flexibility index (Phi) is 8.16. The minimum Gasteiger partial charge on any atom is -0.504 e. The number of carbonyl (C=O) groups is 2. The van der Waals surface area contributed by atoms with Gasteiger partial charge in [0, 0.05) is 0 Å². The molecule has 0 atom stereocenters. The number of unbranched alkanes of at least 4 members (excludes halogenated alkanes) is 4. The second-order valence-electron chi connectivity index (χ2n) is 9.48. The first kappa shape index (κ1) is 24.0. The Labute approximate surface area is 178 Å². The predicted molar refractivity (Wildman–Crippen MR) is 115 cm³/mol. The Hall–Kier alpha value is -2.24. The van der Waals surface area contributed by atoms with E-state index < -0.39 is 22.8 Å². The molecular formula is C24H36O6. The smallest absolute Gasteiger partial charge is 0.309 e. The van der Waals surface area contributed by atoms with Crippen molar-refractivity contribution in [3.63, 3.8) is 0 Å². The summed E-state index contributed by atoms with van der Waals surface area (Å²) in [5.41, 5.74) is 0.238. The standard InChI is InChI=1S/C24H36O6/c1-23(2,21(27)28)13-7-4-3-5-9-17-11-12-18(20(26)19(17)25)10-6-8-14-24(15-16-24)22(29)30/h11-12,25-26H,3-10,13-16H2,1-2H3,(H,27,28)(H,29,30). The molecule has 30 heavy (non-hydrogen) atoms. The van der Waals surface area contributed by atoms with Crippen LogP contribution in [0.2, 0.25) is 0 Å². The topological polar surface area (TPSA) is 115 Å². The Balaban J connectivity index is 1.71. The summed E-state index contributed by atoms with van der Waals surface area (Å²) in [4.78, 5) is 22.3. The van der Waals surface area contributed by atoms with Gasteiger partial charge in [0.2, 0.25) is 0 Å². The maximum Gasteiger partial charge on any atom is 0.309 e. The molecule has 1 aliphatic rings. The number of carboxylic acid groups (broad SMARTS) is 2. The van der Waals surface area contributed by atoms with Crippen molar-refractivity contribution in [2.24, 2.45) is 10.8 Å². The van der Waals surface area contributed by atoms with Crippen LogP contribution in [0, 0.1) is 10.8 Å². The highest BCUT2D eigenvalue weighted by molar-refractivity contribution is 5.77. The van der Waals surface area contributed by atoms with Crippen LogP contribution in [-0.2, 0) is 22.4 Å².